The number of hydrogen-bond acceptors (Lipinski definition) is 3. The van der Waals surface area contributed by atoms with Crippen molar-refractivity contribution >= 4 is 5.97 Å². The Balaban J connectivity index is 2.63. The Bertz CT molecular complexity index is 392. The SMILES string of the molecule is CCC(NC(C)Cc1ccccc1OC)C(=O)O. The second kappa shape index (κ2) is 7.01. The molecule has 1 rings (SSSR count). The van der Waals surface area contributed by atoms with Crippen LogP contribution in [0.1, 0.15) is 25.8 Å². The van der Waals surface area contributed by atoms with Crippen molar-refractivity contribution < 1.29 is 14.6 Å². The molecule has 0 aliphatic heterocycles. The van der Waals surface area contributed by atoms with Gasteiger partial charge in [-0.25, -0.2) is 0 Å². The first-order chi connectivity index (χ1) is 8.58. The maximum Gasteiger partial charge on any atom is 0.320 e. The van der Waals surface area contributed by atoms with Gasteiger partial charge in [-0.1, -0.05) is 25.1 Å². The molecule has 2 unspecified atom stereocenters. The first kappa shape index (κ1) is 14.5. The second-order valence-electron chi connectivity index (χ2n) is 4.38. The van der Waals surface area contributed by atoms with Crippen molar-refractivity contribution in [3.8, 4) is 5.75 Å². The molecule has 18 heavy (non-hydrogen) atoms. The minimum Gasteiger partial charge on any atom is -0.496 e. The third-order valence-electron chi connectivity index (χ3n) is 2.91. The van der Waals surface area contributed by atoms with Crippen LogP contribution in [0.15, 0.2) is 24.3 Å². The molecule has 0 aromatic heterocycles. The maximum absolute atomic E-state index is 11.0. The third kappa shape index (κ3) is 4.04. The number of methoxy groups -OCH3 is 1. The zero-order valence-electron chi connectivity index (χ0n) is 11.1. The summed E-state index contributed by atoms with van der Waals surface area (Å²) < 4.78 is 5.28. The number of hydrogen-bond donors (Lipinski definition) is 2. The van der Waals surface area contributed by atoms with Crippen LogP contribution in [0.5, 0.6) is 5.75 Å². The highest BCUT2D eigenvalue weighted by atomic mass is 16.5. The van der Waals surface area contributed by atoms with Crippen LogP contribution in [-0.4, -0.2) is 30.3 Å². The van der Waals surface area contributed by atoms with Gasteiger partial charge in [0, 0.05) is 6.04 Å². The number of aliphatic carboxylic acids is 1. The lowest BCUT2D eigenvalue weighted by molar-refractivity contribution is -0.139. The van der Waals surface area contributed by atoms with Crippen molar-refractivity contribution in [2.45, 2.75) is 38.8 Å². The monoisotopic (exact) mass is 251 g/mol. The van der Waals surface area contributed by atoms with Gasteiger partial charge >= 0.3 is 5.97 Å². The van der Waals surface area contributed by atoms with Crippen LogP contribution in [0.25, 0.3) is 0 Å². The Kier molecular flexibility index (Phi) is 5.65. The average molecular weight is 251 g/mol. The number of para-hydroxylation sites is 1. The van der Waals surface area contributed by atoms with Gasteiger partial charge in [-0.3, -0.25) is 4.79 Å². The van der Waals surface area contributed by atoms with Gasteiger partial charge in [-0.15, -0.1) is 0 Å². The average Bonchev–Trinajstić information content (AvgIpc) is 2.36. The number of carboxylic acids is 1. The van der Waals surface area contributed by atoms with Gasteiger partial charge in [-0.2, -0.15) is 0 Å². The van der Waals surface area contributed by atoms with E-state index in [9.17, 15) is 4.79 Å². The van der Waals surface area contributed by atoms with Gasteiger partial charge in [-0.05, 0) is 31.4 Å². The first-order valence-corrected chi connectivity index (χ1v) is 6.19. The summed E-state index contributed by atoms with van der Waals surface area (Å²) in [5.74, 6) is 0.0406. The summed E-state index contributed by atoms with van der Waals surface area (Å²) in [7, 11) is 1.64. The maximum atomic E-state index is 11.0. The van der Waals surface area contributed by atoms with Crippen molar-refractivity contribution in [2.75, 3.05) is 7.11 Å². The summed E-state index contributed by atoms with van der Waals surface area (Å²) in [6.07, 6.45) is 1.32. The van der Waals surface area contributed by atoms with Crippen molar-refractivity contribution in [2.24, 2.45) is 0 Å². The molecule has 4 nitrogen and oxygen atoms in total. The summed E-state index contributed by atoms with van der Waals surface area (Å²) in [6, 6.07) is 7.39. The Morgan fingerprint density at radius 1 is 1.44 bits per heavy atom. The molecule has 2 atom stereocenters. The zero-order chi connectivity index (χ0) is 13.5. The van der Waals surface area contributed by atoms with E-state index in [1.165, 1.54) is 0 Å². The molecule has 0 spiro atoms. The van der Waals surface area contributed by atoms with E-state index in [1.807, 2.05) is 38.1 Å². The normalized spacial score (nSPS) is 13.9. The number of carboxylic acid groups (broad SMARTS) is 1. The minimum atomic E-state index is -0.802. The largest absolute Gasteiger partial charge is 0.496 e. The van der Waals surface area contributed by atoms with Crippen LogP contribution in [0.4, 0.5) is 0 Å². The summed E-state index contributed by atoms with van der Waals surface area (Å²) in [4.78, 5) is 11.0. The van der Waals surface area contributed by atoms with Gasteiger partial charge < -0.3 is 15.2 Å². The molecule has 100 valence electrons. The molecule has 0 radical (unpaired) electrons. The Morgan fingerprint density at radius 3 is 2.67 bits per heavy atom. The molecule has 1 aromatic carbocycles. The van der Waals surface area contributed by atoms with Gasteiger partial charge in [0.25, 0.3) is 0 Å². The fourth-order valence-electron chi connectivity index (χ4n) is 1.97. The molecular formula is C14H21NO3. The van der Waals surface area contributed by atoms with E-state index in [-0.39, 0.29) is 6.04 Å². The molecule has 0 aliphatic carbocycles. The number of ether oxygens (including phenoxy) is 1. The van der Waals surface area contributed by atoms with Crippen LogP contribution < -0.4 is 10.1 Å². The summed E-state index contributed by atoms with van der Waals surface area (Å²) in [5, 5.41) is 12.1. The lowest BCUT2D eigenvalue weighted by Crippen LogP contribution is -2.42. The van der Waals surface area contributed by atoms with Gasteiger partial charge in [0.2, 0.25) is 0 Å². The van der Waals surface area contributed by atoms with E-state index in [1.54, 1.807) is 7.11 Å². The molecule has 0 aliphatic rings. The van der Waals surface area contributed by atoms with Crippen molar-refractivity contribution in [1.82, 2.24) is 5.32 Å². The van der Waals surface area contributed by atoms with E-state index in [4.69, 9.17) is 9.84 Å². The van der Waals surface area contributed by atoms with E-state index in [0.717, 1.165) is 17.7 Å². The van der Waals surface area contributed by atoms with Crippen molar-refractivity contribution in [1.29, 1.82) is 0 Å². The van der Waals surface area contributed by atoms with Crippen LogP contribution >= 0.6 is 0 Å². The van der Waals surface area contributed by atoms with Crippen LogP contribution in [0.3, 0.4) is 0 Å². The molecule has 0 heterocycles. The minimum absolute atomic E-state index is 0.0855. The van der Waals surface area contributed by atoms with Gasteiger partial charge in [0.05, 0.1) is 7.11 Å². The quantitative estimate of drug-likeness (QED) is 0.779. The topological polar surface area (TPSA) is 58.6 Å². The fraction of sp³-hybridized carbons (Fsp3) is 0.500. The van der Waals surface area contributed by atoms with Crippen LogP contribution in [0.2, 0.25) is 0 Å². The molecule has 2 N–H and O–H groups in total. The molecule has 0 saturated heterocycles. The number of carbonyl (C=O) groups is 1. The molecular weight excluding hydrogens is 230 g/mol. The second-order valence-corrected chi connectivity index (χ2v) is 4.38. The Morgan fingerprint density at radius 2 is 2.11 bits per heavy atom. The highest BCUT2D eigenvalue weighted by molar-refractivity contribution is 5.73. The number of rotatable bonds is 7. The smallest absolute Gasteiger partial charge is 0.320 e. The molecule has 0 amide bonds. The molecule has 1 aromatic rings. The number of nitrogens with one attached hydrogen (secondary N) is 1. The fourth-order valence-corrected chi connectivity index (χ4v) is 1.97. The van der Waals surface area contributed by atoms with Crippen molar-refractivity contribution in [3.05, 3.63) is 29.8 Å². The highest BCUT2D eigenvalue weighted by Crippen LogP contribution is 2.19. The zero-order valence-corrected chi connectivity index (χ0v) is 11.1. The van der Waals surface area contributed by atoms with Crippen LogP contribution in [-0.2, 0) is 11.2 Å². The molecule has 4 heteroatoms. The standard InChI is InChI=1S/C14H21NO3/c1-4-12(14(16)17)15-10(2)9-11-7-5-6-8-13(11)18-3/h5-8,10,12,15H,4,9H2,1-3H3,(H,16,17). The predicted octanol–water partition coefficient (Wildman–Crippen LogP) is 2.08. The molecule has 0 bridgehead atoms. The predicted molar refractivity (Wildman–Crippen MR) is 71.0 cm³/mol. The highest BCUT2D eigenvalue weighted by Gasteiger charge is 2.17. The molecule has 0 saturated carbocycles. The Hall–Kier alpha value is -1.55. The van der Waals surface area contributed by atoms with Gasteiger partial charge in [0.1, 0.15) is 11.8 Å². The van der Waals surface area contributed by atoms with Crippen LogP contribution in [0, 0.1) is 0 Å². The Labute approximate surface area is 108 Å². The summed E-state index contributed by atoms with van der Waals surface area (Å²) in [5.41, 5.74) is 1.08. The van der Waals surface area contributed by atoms with E-state index >= 15 is 0 Å². The van der Waals surface area contributed by atoms with E-state index < -0.39 is 12.0 Å². The van der Waals surface area contributed by atoms with Crippen molar-refractivity contribution in [3.63, 3.8) is 0 Å². The van der Waals surface area contributed by atoms with E-state index in [0.29, 0.717) is 6.42 Å². The van der Waals surface area contributed by atoms with E-state index in [2.05, 4.69) is 5.32 Å². The number of benzene rings is 1. The first-order valence-electron chi connectivity index (χ1n) is 6.19. The lowest BCUT2D eigenvalue weighted by atomic mass is 10.0. The lowest BCUT2D eigenvalue weighted by Gasteiger charge is -2.20. The summed E-state index contributed by atoms with van der Waals surface area (Å²) >= 11 is 0. The van der Waals surface area contributed by atoms with Gasteiger partial charge in [0.15, 0.2) is 0 Å². The molecule has 0 fully saturated rings. The third-order valence-corrected chi connectivity index (χ3v) is 2.91. The summed E-state index contributed by atoms with van der Waals surface area (Å²) in [6.45, 7) is 3.85.